The van der Waals surface area contributed by atoms with Gasteiger partial charge in [-0.2, -0.15) is 0 Å². The first-order valence-corrected chi connectivity index (χ1v) is 8.37. The molecule has 0 amide bonds. The summed E-state index contributed by atoms with van der Waals surface area (Å²) in [6.07, 6.45) is 3.00. The van der Waals surface area contributed by atoms with E-state index in [2.05, 4.69) is 32.6 Å². The zero-order chi connectivity index (χ0) is 16.5. The zero-order valence-corrected chi connectivity index (χ0v) is 14.9. The van der Waals surface area contributed by atoms with E-state index in [1.807, 2.05) is 6.92 Å². The molecule has 1 atom stereocenters. The fourth-order valence-electron chi connectivity index (χ4n) is 2.01. The largest absolute Gasteiger partial charge is 0.465 e. The van der Waals surface area contributed by atoms with Crippen LogP contribution < -0.4 is 5.73 Å². The lowest BCUT2D eigenvalue weighted by Crippen LogP contribution is -2.48. The third kappa shape index (κ3) is 9.86. The van der Waals surface area contributed by atoms with Gasteiger partial charge in [-0.25, -0.2) is 0 Å². The van der Waals surface area contributed by atoms with E-state index in [0.717, 1.165) is 19.6 Å². The van der Waals surface area contributed by atoms with E-state index >= 15 is 0 Å². The number of nitrogens with zero attached hydrogens (tertiary/aromatic N) is 1. The smallest absolute Gasteiger partial charge is 0.325 e. The van der Waals surface area contributed by atoms with Gasteiger partial charge in [0.1, 0.15) is 5.54 Å². The Hall–Kier alpha value is -0.610. The Labute approximate surface area is 131 Å². The minimum absolute atomic E-state index is 0.294. The Morgan fingerprint density at radius 1 is 1.10 bits per heavy atom. The molecule has 21 heavy (non-hydrogen) atoms. The van der Waals surface area contributed by atoms with Gasteiger partial charge in [0.25, 0.3) is 0 Å². The molecule has 2 N–H and O–H groups in total. The normalized spacial score (nSPS) is 14.8. The highest BCUT2D eigenvalue weighted by Crippen LogP contribution is 2.12. The van der Waals surface area contributed by atoms with Crippen molar-refractivity contribution in [3.05, 3.63) is 0 Å². The standard InChI is InChI=1S/C17H36N2O2/c1-7-21-16(20)17(6,18)10-13-19(11-8-14(2)3)12-9-15(4)5/h14-15H,7-13,18H2,1-6H3. The van der Waals surface area contributed by atoms with Gasteiger partial charge in [0, 0.05) is 6.54 Å². The lowest BCUT2D eigenvalue weighted by molar-refractivity contribution is -0.149. The van der Waals surface area contributed by atoms with Gasteiger partial charge in [-0.05, 0) is 58.0 Å². The molecule has 0 aromatic heterocycles. The highest BCUT2D eigenvalue weighted by molar-refractivity contribution is 5.79. The van der Waals surface area contributed by atoms with Crippen LogP contribution >= 0.6 is 0 Å². The van der Waals surface area contributed by atoms with E-state index in [1.54, 1.807) is 6.92 Å². The molecule has 4 heteroatoms. The minimum atomic E-state index is -0.885. The van der Waals surface area contributed by atoms with Crippen LogP contribution in [0.15, 0.2) is 0 Å². The number of nitrogens with two attached hydrogens (primary N) is 1. The van der Waals surface area contributed by atoms with Crippen LogP contribution in [0.4, 0.5) is 0 Å². The molecular formula is C17H36N2O2. The third-order valence-electron chi connectivity index (χ3n) is 3.73. The lowest BCUT2D eigenvalue weighted by Gasteiger charge is -2.28. The molecule has 0 aliphatic heterocycles. The summed E-state index contributed by atoms with van der Waals surface area (Å²) < 4.78 is 5.05. The van der Waals surface area contributed by atoms with Crippen molar-refractivity contribution in [2.45, 2.75) is 66.3 Å². The molecule has 0 aromatic rings. The maximum absolute atomic E-state index is 11.8. The minimum Gasteiger partial charge on any atom is -0.465 e. The molecule has 0 aliphatic rings. The highest BCUT2D eigenvalue weighted by atomic mass is 16.5. The monoisotopic (exact) mass is 300 g/mol. The Balaban J connectivity index is 4.40. The molecule has 0 radical (unpaired) electrons. The number of carbonyl (C=O) groups is 1. The summed E-state index contributed by atoms with van der Waals surface area (Å²) in [5.41, 5.74) is 5.22. The molecule has 0 spiro atoms. The van der Waals surface area contributed by atoms with Crippen LogP contribution in [0, 0.1) is 11.8 Å². The fourth-order valence-corrected chi connectivity index (χ4v) is 2.01. The maximum atomic E-state index is 11.8. The summed E-state index contributed by atoms with van der Waals surface area (Å²) in [5, 5.41) is 0. The van der Waals surface area contributed by atoms with E-state index in [0.29, 0.717) is 24.9 Å². The zero-order valence-electron chi connectivity index (χ0n) is 14.9. The second-order valence-corrected chi connectivity index (χ2v) is 7.09. The van der Waals surface area contributed by atoms with E-state index in [4.69, 9.17) is 10.5 Å². The SMILES string of the molecule is CCOC(=O)C(C)(N)CCN(CCC(C)C)CCC(C)C. The molecule has 0 heterocycles. The number of esters is 1. The van der Waals surface area contributed by atoms with Gasteiger partial charge in [-0.1, -0.05) is 27.7 Å². The van der Waals surface area contributed by atoms with E-state index in [9.17, 15) is 4.79 Å². The fraction of sp³-hybridized carbons (Fsp3) is 0.941. The van der Waals surface area contributed by atoms with Crippen LogP contribution in [-0.4, -0.2) is 42.6 Å². The Bertz CT molecular complexity index is 277. The van der Waals surface area contributed by atoms with Crippen molar-refractivity contribution in [2.24, 2.45) is 17.6 Å². The second kappa shape index (κ2) is 10.2. The lowest BCUT2D eigenvalue weighted by atomic mass is 9.98. The molecule has 0 saturated carbocycles. The van der Waals surface area contributed by atoms with Gasteiger partial charge >= 0.3 is 5.97 Å². The third-order valence-corrected chi connectivity index (χ3v) is 3.73. The van der Waals surface area contributed by atoms with Gasteiger partial charge in [0.15, 0.2) is 0 Å². The Morgan fingerprint density at radius 3 is 1.95 bits per heavy atom. The number of hydrogen-bond donors (Lipinski definition) is 1. The van der Waals surface area contributed by atoms with E-state index in [1.165, 1.54) is 12.8 Å². The van der Waals surface area contributed by atoms with Crippen molar-refractivity contribution >= 4 is 5.97 Å². The van der Waals surface area contributed by atoms with Crippen LogP contribution in [-0.2, 0) is 9.53 Å². The average Bonchev–Trinajstić information content (AvgIpc) is 2.37. The van der Waals surface area contributed by atoms with Gasteiger partial charge in [-0.3, -0.25) is 4.79 Å². The summed E-state index contributed by atoms with van der Waals surface area (Å²) in [6, 6.07) is 0. The summed E-state index contributed by atoms with van der Waals surface area (Å²) in [5.74, 6) is 1.10. The molecule has 0 saturated heterocycles. The average molecular weight is 300 g/mol. The van der Waals surface area contributed by atoms with E-state index < -0.39 is 5.54 Å². The van der Waals surface area contributed by atoms with Gasteiger partial charge in [0.05, 0.1) is 6.61 Å². The van der Waals surface area contributed by atoms with Crippen LogP contribution in [0.2, 0.25) is 0 Å². The van der Waals surface area contributed by atoms with Crippen molar-refractivity contribution < 1.29 is 9.53 Å². The quantitative estimate of drug-likeness (QED) is 0.596. The molecule has 0 bridgehead atoms. The molecule has 0 aliphatic carbocycles. The number of hydrogen-bond acceptors (Lipinski definition) is 4. The molecule has 0 rings (SSSR count). The molecule has 4 nitrogen and oxygen atoms in total. The van der Waals surface area contributed by atoms with Gasteiger partial charge < -0.3 is 15.4 Å². The number of rotatable bonds is 11. The van der Waals surface area contributed by atoms with Crippen LogP contribution in [0.1, 0.15) is 60.8 Å². The van der Waals surface area contributed by atoms with Crippen molar-refractivity contribution in [2.75, 3.05) is 26.2 Å². The molecule has 0 fully saturated rings. The second-order valence-electron chi connectivity index (χ2n) is 7.09. The molecule has 126 valence electrons. The van der Waals surface area contributed by atoms with Crippen molar-refractivity contribution in [3.63, 3.8) is 0 Å². The van der Waals surface area contributed by atoms with Crippen molar-refractivity contribution in [1.29, 1.82) is 0 Å². The predicted octanol–water partition coefficient (Wildman–Crippen LogP) is 3.05. The number of ether oxygens (including phenoxy) is 1. The highest BCUT2D eigenvalue weighted by Gasteiger charge is 2.30. The Kier molecular flexibility index (Phi) is 9.88. The molecule has 0 aromatic carbocycles. The first kappa shape index (κ1) is 20.4. The number of carbonyl (C=O) groups excluding carboxylic acids is 1. The van der Waals surface area contributed by atoms with Crippen molar-refractivity contribution in [3.8, 4) is 0 Å². The van der Waals surface area contributed by atoms with Crippen LogP contribution in [0.25, 0.3) is 0 Å². The summed E-state index contributed by atoms with van der Waals surface area (Å²) in [7, 11) is 0. The van der Waals surface area contributed by atoms with Gasteiger partial charge in [0.2, 0.25) is 0 Å². The topological polar surface area (TPSA) is 55.6 Å². The van der Waals surface area contributed by atoms with Crippen LogP contribution in [0.5, 0.6) is 0 Å². The summed E-state index contributed by atoms with van der Waals surface area (Å²) in [6.45, 7) is 15.9. The summed E-state index contributed by atoms with van der Waals surface area (Å²) >= 11 is 0. The maximum Gasteiger partial charge on any atom is 0.325 e. The Morgan fingerprint density at radius 2 is 1.57 bits per heavy atom. The summed E-state index contributed by atoms with van der Waals surface area (Å²) in [4.78, 5) is 14.3. The molecule has 1 unspecified atom stereocenters. The molecular weight excluding hydrogens is 264 g/mol. The van der Waals surface area contributed by atoms with Crippen molar-refractivity contribution in [1.82, 2.24) is 4.90 Å². The van der Waals surface area contributed by atoms with E-state index in [-0.39, 0.29) is 5.97 Å². The predicted molar refractivity (Wildman–Crippen MR) is 89.2 cm³/mol. The van der Waals surface area contributed by atoms with Crippen LogP contribution in [0.3, 0.4) is 0 Å². The van der Waals surface area contributed by atoms with Gasteiger partial charge in [-0.15, -0.1) is 0 Å². The first-order chi connectivity index (χ1) is 9.69. The first-order valence-electron chi connectivity index (χ1n) is 8.37.